The predicted octanol–water partition coefficient (Wildman–Crippen LogP) is 1.64. The molecule has 0 bridgehead atoms. The number of amides is 1. The summed E-state index contributed by atoms with van der Waals surface area (Å²) in [5, 5.41) is 6.32. The van der Waals surface area contributed by atoms with Gasteiger partial charge >= 0.3 is 6.18 Å². The fourth-order valence-corrected chi connectivity index (χ4v) is 2.20. The first-order chi connectivity index (χ1) is 11.6. The maximum Gasteiger partial charge on any atom is 0.418 e. The molecule has 2 rings (SSSR count). The van der Waals surface area contributed by atoms with Crippen LogP contribution in [-0.4, -0.2) is 28.3 Å². The topological polar surface area (TPSA) is 90.0 Å². The summed E-state index contributed by atoms with van der Waals surface area (Å²) in [6, 6.07) is 5.46. The molecule has 0 fully saturated rings. The van der Waals surface area contributed by atoms with Crippen molar-refractivity contribution in [1.29, 1.82) is 0 Å². The predicted molar refractivity (Wildman–Crippen MR) is 85.6 cm³/mol. The van der Waals surface area contributed by atoms with E-state index in [1.54, 1.807) is 6.92 Å². The SMILES string of the molecule is Cc1cc(=O)c(C(=O)N[C@@H](C)CN)nn1-c1ccccc1C(F)(F)F. The van der Waals surface area contributed by atoms with E-state index in [4.69, 9.17) is 5.73 Å². The number of nitrogens with two attached hydrogens (primary N) is 1. The number of alkyl halides is 3. The number of halogens is 3. The molecule has 0 aliphatic heterocycles. The van der Waals surface area contributed by atoms with Crippen LogP contribution in [0.4, 0.5) is 13.2 Å². The summed E-state index contributed by atoms with van der Waals surface area (Å²) in [6.07, 6.45) is -4.61. The third kappa shape index (κ3) is 4.05. The Labute approximate surface area is 141 Å². The second-order valence-electron chi connectivity index (χ2n) is 5.54. The van der Waals surface area contributed by atoms with Gasteiger partial charge in [-0.15, -0.1) is 0 Å². The van der Waals surface area contributed by atoms with Crippen molar-refractivity contribution in [2.45, 2.75) is 26.1 Å². The van der Waals surface area contributed by atoms with Crippen molar-refractivity contribution in [2.75, 3.05) is 6.54 Å². The number of benzene rings is 1. The minimum Gasteiger partial charge on any atom is -0.347 e. The van der Waals surface area contributed by atoms with Crippen molar-refractivity contribution in [2.24, 2.45) is 5.73 Å². The summed E-state index contributed by atoms with van der Waals surface area (Å²) >= 11 is 0. The van der Waals surface area contributed by atoms with Crippen LogP contribution in [0, 0.1) is 6.92 Å². The van der Waals surface area contributed by atoms with Crippen LogP contribution in [0.2, 0.25) is 0 Å². The lowest BCUT2D eigenvalue weighted by Gasteiger charge is -2.17. The second-order valence-corrected chi connectivity index (χ2v) is 5.54. The average molecular weight is 354 g/mol. The van der Waals surface area contributed by atoms with Gasteiger partial charge in [-0.05, 0) is 26.0 Å². The van der Waals surface area contributed by atoms with Crippen LogP contribution in [0.1, 0.15) is 28.7 Å². The Hall–Kier alpha value is -2.68. The fraction of sp³-hybridized carbons (Fsp3) is 0.312. The number of aromatic nitrogens is 2. The molecule has 0 saturated heterocycles. The van der Waals surface area contributed by atoms with Crippen LogP contribution in [-0.2, 0) is 6.18 Å². The van der Waals surface area contributed by atoms with E-state index in [-0.39, 0.29) is 17.9 Å². The number of nitrogens with one attached hydrogen (secondary N) is 1. The van der Waals surface area contributed by atoms with Gasteiger partial charge in [-0.2, -0.15) is 18.3 Å². The molecule has 6 nitrogen and oxygen atoms in total. The second kappa shape index (κ2) is 7.06. The molecule has 1 aromatic carbocycles. The lowest BCUT2D eigenvalue weighted by molar-refractivity contribution is -0.137. The summed E-state index contributed by atoms with van der Waals surface area (Å²) < 4.78 is 40.6. The molecule has 0 unspecified atom stereocenters. The number of para-hydroxylation sites is 1. The minimum atomic E-state index is -4.61. The molecule has 1 heterocycles. The Morgan fingerprint density at radius 2 is 2.00 bits per heavy atom. The van der Waals surface area contributed by atoms with Crippen molar-refractivity contribution < 1.29 is 18.0 Å². The number of nitrogens with zero attached hydrogens (tertiary/aromatic N) is 2. The number of aryl methyl sites for hydroxylation is 1. The van der Waals surface area contributed by atoms with E-state index in [0.717, 1.165) is 16.8 Å². The molecule has 1 atom stereocenters. The largest absolute Gasteiger partial charge is 0.418 e. The number of hydrogen-bond acceptors (Lipinski definition) is 4. The highest BCUT2D eigenvalue weighted by atomic mass is 19.4. The lowest BCUT2D eigenvalue weighted by atomic mass is 10.1. The number of carbonyl (C=O) groups excluding carboxylic acids is 1. The van der Waals surface area contributed by atoms with E-state index in [9.17, 15) is 22.8 Å². The Kier molecular flexibility index (Phi) is 5.27. The molecule has 1 aromatic heterocycles. The van der Waals surface area contributed by atoms with Crippen molar-refractivity contribution in [3.8, 4) is 5.69 Å². The summed E-state index contributed by atoms with van der Waals surface area (Å²) in [7, 11) is 0. The van der Waals surface area contributed by atoms with E-state index < -0.39 is 34.8 Å². The van der Waals surface area contributed by atoms with E-state index in [1.807, 2.05) is 0 Å². The van der Waals surface area contributed by atoms with Crippen LogP contribution in [0.25, 0.3) is 5.69 Å². The zero-order chi connectivity index (χ0) is 18.8. The summed E-state index contributed by atoms with van der Waals surface area (Å²) in [5.74, 6) is -0.791. The smallest absolute Gasteiger partial charge is 0.347 e. The fourth-order valence-electron chi connectivity index (χ4n) is 2.20. The quantitative estimate of drug-likeness (QED) is 0.873. The van der Waals surface area contributed by atoms with Gasteiger partial charge in [0.15, 0.2) is 5.69 Å². The molecule has 9 heteroatoms. The molecular weight excluding hydrogens is 337 g/mol. The van der Waals surface area contributed by atoms with Gasteiger partial charge < -0.3 is 11.1 Å². The molecule has 1 amide bonds. The van der Waals surface area contributed by atoms with Crippen molar-refractivity contribution in [1.82, 2.24) is 15.1 Å². The monoisotopic (exact) mass is 354 g/mol. The van der Waals surface area contributed by atoms with E-state index in [2.05, 4.69) is 10.4 Å². The van der Waals surface area contributed by atoms with E-state index in [1.165, 1.54) is 25.1 Å². The Morgan fingerprint density at radius 1 is 1.36 bits per heavy atom. The maximum absolute atomic E-state index is 13.2. The average Bonchev–Trinajstić information content (AvgIpc) is 2.53. The van der Waals surface area contributed by atoms with Gasteiger partial charge in [0.2, 0.25) is 5.43 Å². The Bertz CT molecular complexity index is 846. The van der Waals surface area contributed by atoms with Crippen LogP contribution in [0.5, 0.6) is 0 Å². The van der Waals surface area contributed by atoms with E-state index in [0.29, 0.717) is 0 Å². The van der Waals surface area contributed by atoms with Gasteiger partial charge in [0, 0.05) is 24.3 Å². The molecule has 0 spiro atoms. The standard InChI is InChI=1S/C16H17F3N4O2/c1-9(8-20)21-15(25)14-13(24)7-10(2)23(22-14)12-6-4-3-5-11(12)16(17,18)19/h3-7,9H,8,20H2,1-2H3,(H,21,25)/t9-/m0/s1. The van der Waals surface area contributed by atoms with Crippen molar-refractivity contribution in [3.63, 3.8) is 0 Å². The molecule has 0 saturated carbocycles. The third-order valence-electron chi connectivity index (χ3n) is 3.49. The van der Waals surface area contributed by atoms with Gasteiger partial charge in [0.25, 0.3) is 5.91 Å². The maximum atomic E-state index is 13.2. The molecule has 2 aromatic rings. The van der Waals surface area contributed by atoms with Crippen LogP contribution >= 0.6 is 0 Å². The molecule has 0 radical (unpaired) electrons. The summed E-state index contributed by atoms with van der Waals surface area (Å²) in [6.45, 7) is 3.21. The van der Waals surface area contributed by atoms with Crippen LogP contribution in [0.3, 0.4) is 0 Å². The first-order valence-electron chi connectivity index (χ1n) is 7.43. The Balaban J connectivity index is 2.60. The third-order valence-corrected chi connectivity index (χ3v) is 3.49. The molecular formula is C16H17F3N4O2. The van der Waals surface area contributed by atoms with Gasteiger partial charge in [0.1, 0.15) is 0 Å². The molecule has 25 heavy (non-hydrogen) atoms. The number of hydrogen-bond donors (Lipinski definition) is 2. The number of carbonyl (C=O) groups is 1. The van der Waals surface area contributed by atoms with Gasteiger partial charge in [-0.25, -0.2) is 4.68 Å². The highest BCUT2D eigenvalue weighted by Crippen LogP contribution is 2.33. The molecule has 3 N–H and O–H groups in total. The first-order valence-corrected chi connectivity index (χ1v) is 7.43. The first kappa shape index (κ1) is 18.7. The molecule has 0 aliphatic rings. The van der Waals surface area contributed by atoms with Gasteiger partial charge in [0.05, 0.1) is 11.3 Å². The normalized spacial score (nSPS) is 12.7. The van der Waals surface area contributed by atoms with Crippen molar-refractivity contribution in [3.05, 3.63) is 57.5 Å². The summed E-state index contributed by atoms with van der Waals surface area (Å²) in [4.78, 5) is 24.2. The van der Waals surface area contributed by atoms with Crippen molar-refractivity contribution >= 4 is 5.91 Å². The van der Waals surface area contributed by atoms with Gasteiger partial charge in [-0.3, -0.25) is 9.59 Å². The highest BCUT2D eigenvalue weighted by molar-refractivity contribution is 5.92. The van der Waals surface area contributed by atoms with Gasteiger partial charge in [-0.1, -0.05) is 12.1 Å². The van der Waals surface area contributed by atoms with Crippen LogP contribution < -0.4 is 16.5 Å². The lowest BCUT2D eigenvalue weighted by Crippen LogP contribution is -2.40. The highest BCUT2D eigenvalue weighted by Gasteiger charge is 2.34. The number of rotatable bonds is 4. The minimum absolute atomic E-state index is 0.142. The molecule has 134 valence electrons. The van der Waals surface area contributed by atoms with E-state index >= 15 is 0 Å². The summed E-state index contributed by atoms with van der Waals surface area (Å²) in [5.41, 5.74) is 3.21. The zero-order valence-electron chi connectivity index (χ0n) is 13.6. The molecule has 0 aliphatic carbocycles. The van der Waals surface area contributed by atoms with Crippen LogP contribution in [0.15, 0.2) is 35.1 Å². The zero-order valence-corrected chi connectivity index (χ0v) is 13.6. The Morgan fingerprint density at radius 3 is 2.60 bits per heavy atom.